The Morgan fingerprint density at radius 2 is 1.95 bits per heavy atom. The van der Waals surface area contributed by atoms with Crippen LogP contribution in [0.25, 0.3) is 11.3 Å². The van der Waals surface area contributed by atoms with Crippen molar-refractivity contribution < 1.29 is 4.74 Å². The van der Waals surface area contributed by atoms with Crippen molar-refractivity contribution >= 4 is 17.4 Å². The number of hydrogen-bond donors (Lipinski definition) is 1. The van der Waals surface area contributed by atoms with Gasteiger partial charge in [0.05, 0.1) is 7.11 Å². The second-order valence-corrected chi connectivity index (χ2v) is 4.96. The number of rotatable bonds is 4. The molecule has 0 saturated heterocycles. The first kappa shape index (κ1) is 14.6. The number of hydrogen-bond acceptors (Lipinski definition) is 4. The van der Waals surface area contributed by atoms with Crippen molar-refractivity contribution in [2.24, 2.45) is 0 Å². The van der Waals surface area contributed by atoms with Gasteiger partial charge in [-0.15, -0.1) is 10.2 Å². The van der Waals surface area contributed by atoms with Crippen molar-refractivity contribution in [1.82, 2.24) is 10.2 Å². The van der Waals surface area contributed by atoms with Crippen LogP contribution < -0.4 is 10.1 Å². The van der Waals surface area contributed by atoms with Gasteiger partial charge in [0.2, 0.25) is 0 Å². The van der Waals surface area contributed by atoms with E-state index in [1.165, 1.54) is 0 Å². The Kier molecular flexibility index (Phi) is 4.45. The molecule has 0 atom stereocenters. The molecule has 0 fully saturated rings. The number of nitrogens with one attached hydrogen (secondary N) is 1. The summed E-state index contributed by atoms with van der Waals surface area (Å²) >= 11 is 6.08. The summed E-state index contributed by atoms with van der Waals surface area (Å²) in [6, 6.07) is 5.49. The van der Waals surface area contributed by atoms with Gasteiger partial charge in [-0.3, -0.25) is 0 Å². The van der Waals surface area contributed by atoms with E-state index < -0.39 is 0 Å². The third kappa shape index (κ3) is 2.70. The quantitative estimate of drug-likeness (QED) is 0.929. The Balaban J connectivity index is 2.59. The predicted octanol–water partition coefficient (Wildman–Crippen LogP) is 3.85. The summed E-state index contributed by atoms with van der Waals surface area (Å²) in [6.07, 6.45) is 0. The van der Waals surface area contributed by atoms with E-state index in [4.69, 9.17) is 16.3 Å². The zero-order chi connectivity index (χ0) is 14.7. The number of anilines is 1. The Morgan fingerprint density at radius 3 is 2.60 bits per heavy atom. The SMILES string of the molecule is CCNc1nnc(-c2cc(Cl)ccc2OC)c(C)c1C. The molecule has 0 aliphatic heterocycles. The lowest BCUT2D eigenvalue weighted by atomic mass is 10.0. The van der Waals surface area contributed by atoms with Gasteiger partial charge in [0.25, 0.3) is 0 Å². The van der Waals surface area contributed by atoms with Crippen molar-refractivity contribution in [3.8, 4) is 17.0 Å². The minimum atomic E-state index is 0.649. The van der Waals surface area contributed by atoms with Crippen LogP contribution in [0, 0.1) is 13.8 Å². The molecular weight excluding hydrogens is 274 g/mol. The van der Waals surface area contributed by atoms with Gasteiger partial charge < -0.3 is 10.1 Å². The van der Waals surface area contributed by atoms with Gasteiger partial charge in [0.1, 0.15) is 11.4 Å². The maximum Gasteiger partial charge on any atom is 0.151 e. The highest BCUT2D eigenvalue weighted by molar-refractivity contribution is 6.31. The van der Waals surface area contributed by atoms with Crippen molar-refractivity contribution in [2.75, 3.05) is 19.0 Å². The predicted molar refractivity (Wildman–Crippen MR) is 82.7 cm³/mol. The first-order valence-electron chi connectivity index (χ1n) is 6.50. The summed E-state index contributed by atoms with van der Waals surface area (Å²) in [7, 11) is 1.63. The molecule has 0 radical (unpaired) electrons. The normalized spacial score (nSPS) is 10.4. The number of benzene rings is 1. The zero-order valence-electron chi connectivity index (χ0n) is 12.1. The zero-order valence-corrected chi connectivity index (χ0v) is 12.9. The molecule has 5 heteroatoms. The number of nitrogens with zero attached hydrogens (tertiary/aromatic N) is 2. The molecule has 0 unspecified atom stereocenters. The fraction of sp³-hybridized carbons (Fsp3) is 0.333. The van der Waals surface area contributed by atoms with E-state index in [0.717, 1.165) is 40.5 Å². The first-order valence-corrected chi connectivity index (χ1v) is 6.88. The molecule has 2 aromatic rings. The van der Waals surface area contributed by atoms with Crippen LogP contribution in [-0.2, 0) is 0 Å². The monoisotopic (exact) mass is 291 g/mol. The maximum absolute atomic E-state index is 6.08. The number of aromatic nitrogens is 2. The molecule has 1 heterocycles. The largest absolute Gasteiger partial charge is 0.496 e. The molecule has 20 heavy (non-hydrogen) atoms. The second-order valence-electron chi connectivity index (χ2n) is 4.52. The lowest BCUT2D eigenvalue weighted by molar-refractivity contribution is 0.416. The number of methoxy groups -OCH3 is 1. The van der Waals surface area contributed by atoms with Crippen LogP contribution in [0.15, 0.2) is 18.2 Å². The highest BCUT2D eigenvalue weighted by Gasteiger charge is 2.15. The Morgan fingerprint density at radius 1 is 1.20 bits per heavy atom. The van der Waals surface area contributed by atoms with E-state index in [1.807, 2.05) is 32.9 Å². The average molecular weight is 292 g/mol. The van der Waals surface area contributed by atoms with Gasteiger partial charge in [-0.25, -0.2) is 0 Å². The van der Waals surface area contributed by atoms with E-state index in [0.29, 0.717) is 5.02 Å². The van der Waals surface area contributed by atoms with Crippen LogP contribution in [0.4, 0.5) is 5.82 Å². The van der Waals surface area contributed by atoms with Crippen LogP contribution in [-0.4, -0.2) is 23.9 Å². The van der Waals surface area contributed by atoms with Crippen LogP contribution in [0.5, 0.6) is 5.75 Å². The number of ether oxygens (including phenoxy) is 1. The van der Waals surface area contributed by atoms with Gasteiger partial charge >= 0.3 is 0 Å². The second kappa shape index (κ2) is 6.09. The average Bonchev–Trinajstić information content (AvgIpc) is 2.44. The molecule has 0 amide bonds. The third-order valence-corrected chi connectivity index (χ3v) is 3.52. The Hall–Kier alpha value is -1.81. The third-order valence-electron chi connectivity index (χ3n) is 3.28. The van der Waals surface area contributed by atoms with E-state index in [9.17, 15) is 0 Å². The molecule has 0 aliphatic rings. The van der Waals surface area contributed by atoms with Gasteiger partial charge in [-0.1, -0.05) is 11.6 Å². The molecular formula is C15H18ClN3O. The van der Waals surface area contributed by atoms with Crippen LogP contribution in [0.2, 0.25) is 5.02 Å². The van der Waals surface area contributed by atoms with E-state index in [1.54, 1.807) is 13.2 Å². The Bertz CT molecular complexity index is 629. The van der Waals surface area contributed by atoms with Crippen molar-refractivity contribution in [3.05, 3.63) is 34.3 Å². The van der Waals surface area contributed by atoms with Crippen molar-refractivity contribution in [2.45, 2.75) is 20.8 Å². The lowest BCUT2D eigenvalue weighted by Crippen LogP contribution is -2.06. The van der Waals surface area contributed by atoms with Gasteiger partial charge in [-0.2, -0.15) is 0 Å². The molecule has 1 aromatic heterocycles. The first-order chi connectivity index (χ1) is 9.58. The standard InChI is InChI=1S/C15H18ClN3O/c1-5-17-15-10(3)9(2)14(18-19-15)12-8-11(16)6-7-13(12)20-4/h6-8H,5H2,1-4H3,(H,17,19). The van der Waals surface area contributed by atoms with Crippen LogP contribution in [0.3, 0.4) is 0 Å². The van der Waals surface area contributed by atoms with E-state index in [-0.39, 0.29) is 0 Å². The summed E-state index contributed by atoms with van der Waals surface area (Å²) in [5.74, 6) is 1.55. The minimum absolute atomic E-state index is 0.649. The van der Waals surface area contributed by atoms with Crippen molar-refractivity contribution in [3.63, 3.8) is 0 Å². The molecule has 0 bridgehead atoms. The maximum atomic E-state index is 6.08. The lowest BCUT2D eigenvalue weighted by Gasteiger charge is -2.14. The van der Waals surface area contributed by atoms with E-state index >= 15 is 0 Å². The fourth-order valence-corrected chi connectivity index (χ4v) is 2.23. The van der Waals surface area contributed by atoms with Gasteiger partial charge in [0, 0.05) is 17.1 Å². The number of halogens is 1. The summed E-state index contributed by atoms with van der Waals surface area (Å²) < 4.78 is 5.39. The highest BCUT2D eigenvalue weighted by atomic mass is 35.5. The van der Waals surface area contributed by atoms with Crippen molar-refractivity contribution in [1.29, 1.82) is 0 Å². The highest BCUT2D eigenvalue weighted by Crippen LogP contribution is 2.34. The van der Waals surface area contributed by atoms with E-state index in [2.05, 4.69) is 15.5 Å². The minimum Gasteiger partial charge on any atom is -0.496 e. The summed E-state index contributed by atoms with van der Waals surface area (Å²) in [4.78, 5) is 0. The molecule has 2 rings (SSSR count). The Labute approximate surface area is 124 Å². The van der Waals surface area contributed by atoms with Gasteiger partial charge in [0.15, 0.2) is 5.82 Å². The molecule has 1 N–H and O–H groups in total. The van der Waals surface area contributed by atoms with Crippen LogP contribution in [0.1, 0.15) is 18.1 Å². The molecule has 0 spiro atoms. The summed E-state index contributed by atoms with van der Waals surface area (Å²) in [6.45, 7) is 6.90. The summed E-state index contributed by atoms with van der Waals surface area (Å²) in [5, 5.41) is 12.4. The molecule has 0 aliphatic carbocycles. The topological polar surface area (TPSA) is 47.0 Å². The molecule has 0 saturated carbocycles. The van der Waals surface area contributed by atoms with Gasteiger partial charge in [-0.05, 0) is 50.1 Å². The van der Waals surface area contributed by atoms with Crippen LogP contribution >= 0.6 is 11.6 Å². The smallest absolute Gasteiger partial charge is 0.151 e. The molecule has 4 nitrogen and oxygen atoms in total. The molecule has 1 aromatic carbocycles. The fourth-order valence-electron chi connectivity index (χ4n) is 2.06. The molecule has 106 valence electrons. The summed E-state index contributed by atoms with van der Waals surface area (Å²) in [5.41, 5.74) is 3.80.